The lowest BCUT2D eigenvalue weighted by molar-refractivity contribution is 0.879. The van der Waals surface area contributed by atoms with E-state index in [1.54, 1.807) is 30.3 Å². The molecule has 0 amide bonds. The molecule has 0 saturated carbocycles. The van der Waals surface area contributed by atoms with E-state index in [4.69, 9.17) is 11.6 Å². The fourth-order valence-corrected chi connectivity index (χ4v) is 2.56. The van der Waals surface area contributed by atoms with Gasteiger partial charge in [0, 0.05) is 48.9 Å². The minimum atomic E-state index is -0.135. The maximum atomic E-state index is 12.6. The van der Waals surface area contributed by atoms with Gasteiger partial charge in [-0.3, -0.25) is 9.36 Å². The van der Waals surface area contributed by atoms with Crippen LogP contribution >= 0.6 is 11.6 Å². The Kier molecular flexibility index (Phi) is 3.58. The molecule has 22 heavy (non-hydrogen) atoms. The van der Waals surface area contributed by atoms with Gasteiger partial charge in [-0.25, -0.2) is 4.98 Å². The maximum absolute atomic E-state index is 12.6. The van der Waals surface area contributed by atoms with E-state index in [2.05, 4.69) is 9.97 Å². The molecular formula is C16H15ClN4O. The summed E-state index contributed by atoms with van der Waals surface area (Å²) in [5.41, 5.74) is 1.72. The molecule has 3 rings (SSSR count). The minimum Gasteiger partial charge on any atom is -0.347 e. The lowest BCUT2D eigenvalue weighted by Crippen LogP contribution is -2.21. The number of aryl methyl sites for hydroxylation is 1. The Morgan fingerprint density at radius 2 is 1.91 bits per heavy atom. The van der Waals surface area contributed by atoms with Gasteiger partial charge in [-0.2, -0.15) is 4.98 Å². The molecule has 1 aromatic carbocycles. The van der Waals surface area contributed by atoms with Crippen LogP contribution in [0, 0.1) is 0 Å². The predicted molar refractivity (Wildman–Crippen MR) is 89.6 cm³/mol. The van der Waals surface area contributed by atoms with Gasteiger partial charge in [0.05, 0.1) is 0 Å². The molecular weight excluding hydrogens is 300 g/mol. The van der Waals surface area contributed by atoms with E-state index < -0.39 is 0 Å². The molecule has 0 radical (unpaired) electrons. The molecule has 0 fully saturated rings. The van der Waals surface area contributed by atoms with E-state index in [1.165, 1.54) is 4.57 Å². The Bertz CT molecular complexity index is 918. The number of nitrogens with zero attached hydrogens (tertiary/aromatic N) is 4. The van der Waals surface area contributed by atoms with Crippen LogP contribution in [0.3, 0.4) is 0 Å². The van der Waals surface area contributed by atoms with Gasteiger partial charge in [0.15, 0.2) is 0 Å². The van der Waals surface area contributed by atoms with Crippen molar-refractivity contribution < 1.29 is 0 Å². The van der Waals surface area contributed by atoms with Gasteiger partial charge < -0.3 is 4.90 Å². The number of benzene rings is 1. The number of hydrogen-bond acceptors (Lipinski definition) is 4. The standard InChI is InChI=1S/C16H15ClN4O/c1-20(2)16-18-9-10-8-12(11-6-4-5-7-13(11)17)15(22)21(3)14(10)19-16/h4-9H,1-3H3. The van der Waals surface area contributed by atoms with Crippen molar-refractivity contribution in [2.24, 2.45) is 7.05 Å². The molecule has 3 aromatic rings. The third-order valence-electron chi connectivity index (χ3n) is 3.50. The summed E-state index contributed by atoms with van der Waals surface area (Å²) >= 11 is 6.21. The van der Waals surface area contributed by atoms with Crippen molar-refractivity contribution in [3.05, 3.63) is 51.9 Å². The highest BCUT2D eigenvalue weighted by Crippen LogP contribution is 2.27. The largest absolute Gasteiger partial charge is 0.347 e. The molecule has 112 valence electrons. The highest BCUT2D eigenvalue weighted by Gasteiger charge is 2.13. The van der Waals surface area contributed by atoms with E-state index >= 15 is 0 Å². The van der Waals surface area contributed by atoms with Gasteiger partial charge in [0.1, 0.15) is 5.65 Å². The Balaban J connectivity index is 2.32. The highest BCUT2D eigenvalue weighted by atomic mass is 35.5. The molecule has 6 heteroatoms. The van der Waals surface area contributed by atoms with Crippen LogP contribution in [-0.4, -0.2) is 28.6 Å². The zero-order chi connectivity index (χ0) is 15.9. The zero-order valence-electron chi connectivity index (χ0n) is 12.5. The SMILES string of the molecule is CN(C)c1ncc2cc(-c3ccccc3Cl)c(=O)n(C)c2n1. The maximum Gasteiger partial charge on any atom is 0.259 e. The average Bonchev–Trinajstić information content (AvgIpc) is 2.51. The van der Waals surface area contributed by atoms with Crippen molar-refractivity contribution in [1.29, 1.82) is 0 Å². The summed E-state index contributed by atoms with van der Waals surface area (Å²) < 4.78 is 1.53. The molecule has 0 unspecified atom stereocenters. The van der Waals surface area contributed by atoms with E-state index in [-0.39, 0.29) is 5.56 Å². The first-order chi connectivity index (χ1) is 10.5. The molecule has 2 aromatic heterocycles. The van der Waals surface area contributed by atoms with E-state index in [0.29, 0.717) is 27.7 Å². The van der Waals surface area contributed by atoms with E-state index in [0.717, 1.165) is 5.39 Å². The molecule has 0 aliphatic carbocycles. The second-order valence-corrected chi connectivity index (χ2v) is 5.65. The van der Waals surface area contributed by atoms with Gasteiger partial charge in [-0.15, -0.1) is 0 Å². The second kappa shape index (κ2) is 5.42. The van der Waals surface area contributed by atoms with E-state index in [9.17, 15) is 4.79 Å². The number of fused-ring (bicyclic) bond motifs is 1. The summed E-state index contributed by atoms with van der Waals surface area (Å²) in [6.07, 6.45) is 1.72. The Morgan fingerprint density at radius 1 is 1.18 bits per heavy atom. The van der Waals surface area contributed by atoms with Crippen molar-refractivity contribution >= 4 is 28.6 Å². The van der Waals surface area contributed by atoms with Crippen LogP contribution in [-0.2, 0) is 7.05 Å². The Hall–Kier alpha value is -2.40. The summed E-state index contributed by atoms with van der Waals surface area (Å²) in [4.78, 5) is 23.2. The first-order valence-electron chi connectivity index (χ1n) is 6.78. The summed E-state index contributed by atoms with van der Waals surface area (Å²) in [6, 6.07) is 9.09. The van der Waals surface area contributed by atoms with Gasteiger partial charge in [-0.05, 0) is 12.1 Å². The third kappa shape index (κ3) is 2.33. The highest BCUT2D eigenvalue weighted by molar-refractivity contribution is 6.33. The Morgan fingerprint density at radius 3 is 2.59 bits per heavy atom. The minimum absolute atomic E-state index is 0.135. The molecule has 5 nitrogen and oxygen atoms in total. The van der Waals surface area contributed by atoms with Gasteiger partial charge in [-0.1, -0.05) is 29.8 Å². The van der Waals surface area contributed by atoms with Crippen LogP contribution in [0.25, 0.3) is 22.2 Å². The van der Waals surface area contributed by atoms with Crippen molar-refractivity contribution in [3.8, 4) is 11.1 Å². The van der Waals surface area contributed by atoms with E-state index in [1.807, 2.05) is 32.3 Å². The van der Waals surface area contributed by atoms with Gasteiger partial charge >= 0.3 is 0 Å². The van der Waals surface area contributed by atoms with Crippen LogP contribution in [0.5, 0.6) is 0 Å². The molecule has 0 N–H and O–H groups in total. The lowest BCUT2D eigenvalue weighted by atomic mass is 10.1. The average molecular weight is 315 g/mol. The predicted octanol–water partition coefficient (Wildman–Crippen LogP) is 2.71. The second-order valence-electron chi connectivity index (χ2n) is 5.25. The van der Waals surface area contributed by atoms with Crippen LogP contribution in [0.2, 0.25) is 5.02 Å². The van der Waals surface area contributed by atoms with Gasteiger partial charge in [0.25, 0.3) is 5.56 Å². The summed E-state index contributed by atoms with van der Waals surface area (Å²) in [5.74, 6) is 0.563. The van der Waals surface area contributed by atoms with Crippen molar-refractivity contribution in [2.75, 3.05) is 19.0 Å². The summed E-state index contributed by atoms with van der Waals surface area (Å²) in [7, 11) is 5.42. The lowest BCUT2D eigenvalue weighted by Gasteiger charge is -2.13. The number of anilines is 1. The smallest absolute Gasteiger partial charge is 0.259 e. The van der Waals surface area contributed by atoms with Crippen molar-refractivity contribution in [2.45, 2.75) is 0 Å². The number of pyridine rings is 1. The van der Waals surface area contributed by atoms with Crippen LogP contribution in [0.4, 0.5) is 5.95 Å². The van der Waals surface area contributed by atoms with Crippen LogP contribution in [0.15, 0.2) is 41.3 Å². The van der Waals surface area contributed by atoms with Gasteiger partial charge in [0.2, 0.25) is 5.95 Å². The first kappa shape index (κ1) is 14.5. The first-order valence-corrected chi connectivity index (χ1v) is 7.16. The normalized spacial score (nSPS) is 10.9. The fourth-order valence-electron chi connectivity index (χ4n) is 2.33. The molecule has 0 aliphatic heterocycles. The van der Waals surface area contributed by atoms with Crippen LogP contribution in [0.1, 0.15) is 0 Å². The molecule has 0 spiro atoms. The number of aromatic nitrogens is 3. The van der Waals surface area contributed by atoms with Crippen molar-refractivity contribution in [3.63, 3.8) is 0 Å². The summed E-state index contributed by atoms with van der Waals surface area (Å²) in [5, 5.41) is 1.34. The summed E-state index contributed by atoms with van der Waals surface area (Å²) in [6.45, 7) is 0. The monoisotopic (exact) mass is 314 g/mol. The van der Waals surface area contributed by atoms with Crippen LogP contribution < -0.4 is 10.5 Å². The zero-order valence-corrected chi connectivity index (χ0v) is 13.3. The molecule has 2 heterocycles. The number of hydrogen-bond donors (Lipinski definition) is 0. The van der Waals surface area contributed by atoms with Crippen molar-refractivity contribution in [1.82, 2.24) is 14.5 Å². The number of rotatable bonds is 2. The third-order valence-corrected chi connectivity index (χ3v) is 3.83. The number of halogens is 1. The topological polar surface area (TPSA) is 51.0 Å². The molecule has 0 atom stereocenters. The quantitative estimate of drug-likeness (QED) is 0.730. The molecule has 0 aliphatic rings. The molecule has 0 saturated heterocycles. The Labute approximate surface area is 132 Å². The molecule has 0 bridgehead atoms. The fraction of sp³-hybridized carbons (Fsp3) is 0.188.